The van der Waals surface area contributed by atoms with Gasteiger partial charge in [-0.1, -0.05) is 0 Å². The standard InChI is InChI=1S/C12H14FN3O3/c13-9-4-10(6-11(5-9)16(18)19)15-12(17)8-2-1-3-14-7-8/h4-6,8,14H,1-3,7H2,(H,15,17)/t8-/m0/s1. The van der Waals surface area contributed by atoms with Crippen LogP contribution in [0.2, 0.25) is 0 Å². The topological polar surface area (TPSA) is 84.3 Å². The van der Waals surface area contributed by atoms with Crippen LogP contribution in [0.5, 0.6) is 0 Å². The van der Waals surface area contributed by atoms with Crippen LogP contribution in [0.1, 0.15) is 12.8 Å². The summed E-state index contributed by atoms with van der Waals surface area (Å²) in [6.07, 6.45) is 1.66. The van der Waals surface area contributed by atoms with Crippen LogP contribution < -0.4 is 10.6 Å². The SMILES string of the molecule is O=C(Nc1cc(F)cc([N+](=O)[O-])c1)[C@H]1CCCNC1. The van der Waals surface area contributed by atoms with Crippen molar-refractivity contribution in [2.75, 3.05) is 18.4 Å². The van der Waals surface area contributed by atoms with Crippen LogP contribution in [0, 0.1) is 21.8 Å². The number of nitro groups is 1. The maximum Gasteiger partial charge on any atom is 0.274 e. The summed E-state index contributed by atoms with van der Waals surface area (Å²) in [5.74, 6) is -1.17. The number of carbonyl (C=O) groups is 1. The van der Waals surface area contributed by atoms with E-state index in [1.807, 2.05) is 0 Å². The van der Waals surface area contributed by atoms with Gasteiger partial charge in [-0.3, -0.25) is 14.9 Å². The third kappa shape index (κ3) is 3.47. The van der Waals surface area contributed by atoms with E-state index in [1.54, 1.807) is 0 Å². The Morgan fingerprint density at radius 3 is 2.89 bits per heavy atom. The largest absolute Gasteiger partial charge is 0.325 e. The smallest absolute Gasteiger partial charge is 0.274 e. The molecule has 7 heteroatoms. The first kappa shape index (κ1) is 13.4. The number of halogens is 1. The van der Waals surface area contributed by atoms with Crippen LogP contribution in [0.15, 0.2) is 18.2 Å². The highest BCUT2D eigenvalue weighted by Gasteiger charge is 2.21. The number of nitrogens with one attached hydrogen (secondary N) is 2. The maximum atomic E-state index is 13.2. The van der Waals surface area contributed by atoms with Gasteiger partial charge in [-0.25, -0.2) is 4.39 Å². The van der Waals surface area contributed by atoms with Crippen LogP contribution in [0.4, 0.5) is 15.8 Å². The normalized spacial score (nSPS) is 18.9. The Labute approximate surface area is 109 Å². The lowest BCUT2D eigenvalue weighted by Crippen LogP contribution is -2.37. The summed E-state index contributed by atoms with van der Waals surface area (Å²) < 4.78 is 13.2. The molecule has 19 heavy (non-hydrogen) atoms. The number of nitrogens with zero attached hydrogens (tertiary/aromatic N) is 1. The highest BCUT2D eigenvalue weighted by atomic mass is 19.1. The maximum absolute atomic E-state index is 13.2. The third-order valence-corrected chi connectivity index (χ3v) is 3.03. The fraction of sp³-hybridized carbons (Fsp3) is 0.417. The average Bonchev–Trinajstić information content (AvgIpc) is 2.39. The first-order chi connectivity index (χ1) is 9.06. The van der Waals surface area contributed by atoms with E-state index >= 15 is 0 Å². The molecule has 2 rings (SSSR count). The Morgan fingerprint density at radius 2 is 2.26 bits per heavy atom. The van der Waals surface area contributed by atoms with Gasteiger partial charge in [0.05, 0.1) is 22.6 Å². The van der Waals surface area contributed by atoms with Crippen molar-refractivity contribution in [3.05, 3.63) is 34.1 Å². The van der Waals surface area contributed by atoms with Gasteiger partial charge in [-0.15, -0.1) is 0 Å². The van der Waals surface area contributed by atoms with Crippen LogP contribution in [-0.2, 0) is 4.79 Å². The molecule has 1 aliphatic rings. The van der Waals surface area contributed by atoms with E-state index in [2.05, 4.69) is 10.6 Å². The molecule has 0 spiro atoms. The molecule has 0 radical (unpaired) electrons. The van der Waals surface area contributed by atoms with Gasteiger partial charge in [0.25, 0.3) is 5.69 Å². The second kappa shape index (κ2) is 5.75. The molecular weight excluding hydrogens is 253 g/mol. The number of anilines is 1. The first-order valence-electron chi connectivity index (χ1n) is 6.03. The van der Waals surface area contributed by atoms with E-state index in [-0.39, 0.29) is 23.2 Å². The predicted molar refractivity (Wildman–Crippen MR) is 67.3 cm³/mol. The number of piperidine rings is 1. The summed E-state index contributed by atoms with van der Waals surface area (Å²) in [6.45, 7) is 1.46. The van der Waals surface area contributed by atoms with Gasteiger partial charge in [0.2, 0.25) is 5.91 Å². The van der Waals surface area contributed by atoms with Crippen molar-refractivity contribution in [1.29, 1.82) is 0 Å². The lowest BCUT2D eigenvalue weighted by atomic mass is 9.99. The molecule has 1 amide bonds. The van der Waals surface area contributed by atoms with Gasteiger partial charge in [-0.2, -0.15) is 0 Å². The molecule has 102 valence electrons. The zero-order chi connectivity index (χ0) is 13.8. The molecule has 1 heterocycles. The van der Waals surface area contributed by atoms with Crippen molar-refractivity contribution >= 4 is 17.3 Å². The third-order valence-electron chi connectivity index (χ3n) is 3.03. The summed E-state index contributed by atoms with van der Waals surface area (Å²) in [5, 5.41) is 16.2. The Hall–Kier alpha value is -2.02. The van der Waals surface area contributed by atoms with Gasteiger partial charge in [0, 0.05) is 12.6 Å². The number of hydrogen-bond donors (Lipinski definition) is 2. The van der Waals surface area contributed by atoms with E-state index < -0.39 is 10.7 Å². The summed E-state index contributed by atoms with van der Waals surface area (Å²) >= 11 is 0. The predicted octanol–water partition coefficient (Wildman–Crippen LogP) is 1.67. The van der Waals surface area contributed by atoms with E-state index in [1.165, 1.54) is 0 Å². The molecule has 1 aromatic rings. The van der Waals surface area contributed by atoms with E-state index in [0.717, 1.165) is 37.6 Å². The van der Waals surface area contributed by atoms with Crippen LogP contribution in [-0.4, -0.2) is 23.9 Å². The average molecular weight is 267 g/mol. The molecule has 0 aromatic heterocycles. The molecule has 1 fully saturated rings. The van der Waals surface area contributed by atoms with Crippen LogP contribution >= 0.6 is 0 Å². The Bertz CT molecular complexity index is 501. The monoisotopic (exact) mass is 267 g/mol. The molecule has 0 unspecified atom stereocenters. The molecule has 0 bridgehead atoms. The Kier molecular flexibility index (Phi) is 4.06. The van der Waals surface area contributed by atoms with Gasteiger partial charge in [0.1, 0.15) is 5.82 Å². The van der Waals surface area contributed by atoms with Gasteiger partial charge in [0.15, 0.2) is 0 Å². The number of carbonyl (C=O) groups excluding carboxylic acids is 1. The summed E-state index contributed by atoms with van der Waals surface area (Å²) in [5.41, 5.74) is -0.264. The highest BCUT2D eigenvalue weighted by Crippen LogP contribution is 2.21. The van der Waals surface area contributed by atoms with Crippen molar-refractivity contribution in [1.82, 2.24) is 5.32 Å². The number of benzene rings is 1. The lowest BCUT2D eigenvalue weighted by Gasteiger charge is -2.21. The number of nitro benzene ring substituents is 1. The summed E-state index contributed by atoms with van der Waals surface area (Å²) in [7, 11) is 0. The van der Waals surface area contributed by atoms with Crippen molar-refractivity contribution in [2.24, 2.45) is 5.92 Å². The summed E-state index contributed by atoms with van der Waals surface area (Å²) in [6, 6.07) is 3.04. The molecule has 2 N–H and O–H groups in total. The molecule has 6 nitrogen and oxygen atoms in total. The Balaban J connectivity index is 2.09. The number of hydrogen-bond acceptors (Lipinski definition) is 4. The first-order valence-corrected chi connectivity index (χ1v) is 6.03. The molecule has 1 saturated heterocycles. The Morgan fingerprint density at radius 1 is 1.47 bits per heavy atom. The summed E-state index contributed by atoms with van der Waals surface area (Å²) in [4.78, 5) is 21.8. The fourth-order valence-electron chi connectivity index (χ4n) is 2.07. The number of amides is 1. The molecule has 0 aliphatic carbocycles. The lowest BCUT2D eigenvalue weighted by molar-refractivity contribution is -0.385. The zero-order valence-electron chi connectivity index (χ0n) is 10.2. The van der Waals surface area contributed by atoms with Crippen molar-refractivity contribution in [3.63, 3.8) is 0 Å². The van der Waals surface area contributed by atoms with Crippen LogP contribution in [0.25, 0.3) is 0 Å². The van der Waals surface area contributed by atoms with Crippen molar-refractivity contribution in [2.45, 2.75) is 12.8 Å². The number of non-ortho nitro benzene ring substituents is 1. The van der Waals surface area contributed by atoms with Crippen LogP contribution in [0.3, 0.4) is 0 Å². The molecule has 1 atom stereocenters. The minimum absolute atomic E-state index is 0.113. The quantitative estimate of drug-likeness (QED) is 0.644. The van der Waals surface area contributed by atoms with Gasteiger partial charge in [-0.05, 0) is 25.5 Å². The second-order valence-corrected chi connectivity index (χ2v) is 4.49. The van der Waals surface area contributed by atoms with Crippen molar-refractivity contribution < 1.29 is 14.1 Å². The molecule has 1 aromatic carbocycles. The second-order valence-electron chi connectivity index (χ2n) is 4.49. The fourth-order valence-corrected chi connectivity index (χ4v) is 2.07. The minimum Gasteiger partial charge on any atom is -0.325 e. The number of rotatable bonds is 3. The van der Waals surface area contributed by atoms with E-state index in [9.17, 15) is 19.3 Å². The van der Waals surface area contributed by atoms with E-state index in [4.69, 9.17) is 0 Å². The highest BCUT2D eigenvalue weighted by molar-refractivity contribution is 5.93. The van der Waals surface area contributed by atoms with Crippen molar-refractivity contribution in [3.8, 4) is 0 Å². The van der Waals surface area contributed by atoms with E-state index in [0.29, 0.717) is 6.54 Å². The molecule has 0 saturated carbocycles. The van der Waals surface area contributed by atoms with Gasteiger partial charge >= 0.3 is 0 Å². The van der Waals surface area contributed by atoms with Gasteiger partial charge < -0.3 is 10.6 Å². The molecular formula is C12H14FN3O3. The minimum atomic E-state index is -0.744. The zero-order valence-corrected chi connectivity index (χ0v) is 10.2. The molecule has 1 aliphatic heterocycles.